The lowest BCUT2D eigenvalue weighted by atomic mass is 9.98. The lowest BCUT2D eigenvalue weighted by Crippen LogP contribution is -2.52. The maximum atomic E-state index is 13.7. The molecule has 4 heterocycles. The molecule has 0 bridgehead atoms. The monoisotopic (exact) mass is 829 g/mol. The number of nitrogens with zero attached hydrogens (tertiary/aromatic N) is 7. The zero-order valence-corrected chi connectivity index (χ0v) is 35.6. The van der Waals surface area contributed by atoms with Gasteiger partial charge in [-0.2, -0.15) is 5.10 Å². The maximum absolute atomic E-state index is 13.7. The third-order valence-corrected chi connectivity index (χ3v) is 12.0. The highest BCUT2D eigenvalue weighted by molar-refractivity contribution is 6.33. The van der Waals surface area contributed by atoms with Crippen LogP contribution in [0.15, 0.2) is 42.7 Å². The van der Waals surface area contributed by atoms with E-state index in [1.165, 1.54) is 0 Å². The summed E-state index contributed by atoms with van der Waals surface area (Å²) in [6.07, 6.45) is 4.74. The van der Waals surface area contributed by atoms with Gasteiger partial charge in [-0.15, -0.1) is 0 Å². The van der Waals surface area contributed by atoms with Crippen LogP contribution in [0.1, 0.15) is 57.6 Å². The number of anilines is 1. The average molecular weight is 830 g/mol. The van der Waals surface area contributed by atoms with Crippen LogP contribution in [-0.2, 0) is 27.9 Å². The molecule has 2 aromatic heterocycles. The van der Waals surface area contributed by atoms with Crippen LogP contribution in [0.5, 0.6) is 0 Å². The van der Waals surface area contributed by atoms with Gasteiger partial charge in [0.05, 0.1) is 37.8 Å². The fourth-order valence-electron chi connectivity index (χ4n) is 7.99. The second-order valence-corrected chi connectivity index (χ2v) is 16.1. The molecule has 1 atom stereocenters. The number of benzene rings is 2. The summed E-state index contributed by atoms with van der Waals surface area (Å²) in [5.41, 5.74) is 7.13. The molecule has 0 radical (unpaired) electrons. The van der Waals surface area contributed by atoms with Gasteiger partial charge in [0, 0.05) is 105 Å². The van der Waals surface area contributed by atoms with Crippen LogP contribution in [-0.4, -0.2) is 135 Å². The Kier molecular flexibility index (Phi) is 14.2. The first-order valence-corrected chi connectivity index (χ1v) is 20.7. The number of halogens is 1. The number of nitrogens with one attached hydrogen (secondary N) is 2. The van der Waals surface area contributed by atoms with Gasteiger partial charge in [0.1, 0.15) is 0 Å². The molecule has 16 heteroatoms. The number of rotatable bonds is 17. The van der Waals surface area contributed by atoms with Crippen molar-refractivity contribution in [1.29, 1.82) is 0 Å². The summed E-state index contributed by atoms with van der Waals surface area (Å²) in [5.74, 6) is -0.873. The molecule has 4 aromatic rings. The maximum Gasteiger partial charge on any atom is 0.317 e. The Balaban J connectivity index is 1.04. The fourth-order valence-corrected chi connectivity index (χ4v) is 8.25. The Labute approximate surface area is 350 Å². The highest BCUT2D eigenvalue weighted by Crippen LogP contribution is 2.36. The minimum absolute atomic E-state index is 0.0305. The zero-order chi connectivity index (χ0) is 42.4. The number of hydrogen-bond acceptors (Lipinski definition) is 9. The molecule has 2 aromatic carbocycles. The van der Waals surface area contributed by atoms with Crippen molar-refractivity contribution in [2.24, 2.45) is 18.9 Å². The van der Waals surface area contributed by atoms with Gasteiger partial charge in [-0.05, 0) is 87.5 Å². The highest BCUT2D eigenvalue weighted by Gasteiger charge is 2.30. The number of hydrogen-bond donors (Lipinski definition) is 3. The Morgan fingerprint density at radius 1 is 1.00 bits per heavy atom. The molecule has 2 saturated heterocycles. The number of carbonyl (C=O) groups excluding carboxylic acids is 3. The second-order valence-electron chi connectivity index (χ2n) is 15.7. The van der Waals surface area contributed by atoms with Crippen molar-refractivity contribution < 1.29 is 29.0 Å². The number of ether oxygens (including phenoxy) is 1. The summed E-state index contributed by atoms with van der Waals surface area (Å²) < 4.78 is 8.84. The predicted molar refractivity (Wildman–Crippen MR) is 227 cm³/mol. The van der Waals surface area contributed by atoms with E-state index in [4.69, 9.17) is 16.3 Å². The fraction of sp³-hybridized carbons (Fsp3) is 0.488. The van der Waals surface area contributed by atoms with Crippen LogP contribution in [0, 0.1) is 32.6 Å². The van der Waals surface area contributed by atoms with Crippen molar-refractivity contribution in [3.05, 3.63) is 76.0 Å². The van der Waals surface area contributed by atoms with E-state index in [2.05, 4.69) is 20.7 Å². The van der Waals surface area contributed by atoms with E-state index < -0.39 is 11.9 Å². The zero-order valence-electron chi connectivity index (χ0n) is 34.9. The molecule has 6 rings (SSSR count). The molecule has 2 fully saturated rings. The van der Waals surface area contributed by atoms with E-state index in [-0.39, 0.29) is 30.1 Å². The van der Waals surface area contributed by atoms with Crippen molar-refractivity contribution in [1.82, 2.24) is 39.3 Å². The third-order valence-electron chi connectivity index (χ3n) is 11.7. The quantitative estimate of drug-likeness (QED) is 0.135. The molecule has 0 spiro atoms. The van der Waals surface area contributed by atoms with Crippen molar-refractivity contribution in [2.75, 3.05) is 77.9 Å². The van der Waals surface area contributed by atoms with E-state index in [9.17, 15) is 24.3 Å². The first-order valence-electron chi connectivity index (χ1n) is 20.3. The van der Waals surface area contributed by atoms with Crippen molar-refractivity contribution in [3.63, 3.8) is 0 Å². The van der Waals surface area contributed by atoms with Gasteiger partial charge in [0.25, 0.3) is 11.8 Å². The lowest BCUT2D eigenvalue weighted by Gasteiger charge is -2.37. The molecule has 2 aliphatic rings. The molecular formula is C43H56ClN9O6. The lowest BCUT2D eigenvalue weighted by molar-refractivity contribution is -0.138. The van der Waals surface area contributed by atoms with Crippen molar-refractivity contribution in [2.45, 2.75) is 47.1 Å². The molecule has 59 heavy (non-hydrogen) atoms. The predicted octanol–water partition coefficient (Wildman–Crippen LogP) is 4.73. The minimum Gasteiger partial charge on any atom is -0.480 e. The van der Waals surface area contributed by atoms with Crippen LogP contribution < -0.4 is 10.6 Å². The van der Waals surface area contributed by atoms with Gasteiger partial charge < -0.3 is 34.8 Å². The van der Waals surface area contributed by atoms with Gasteiger partial charge in [0.2, 0.25) is 5.91 Å². The average Bonchev–Trinajstić information content (AvgIpc) is 3.76. The number of imidazole rings is 1. The SMILES string of the molecule is CCC(CCN(CC(=O)O)CC1CNC1)C(=O)N1CCN(C(=O)c2ccc(NC(=O)c3ncc(-c4cc(Cl)c(-c5cnn(CCOC)c5C)cc4C)n3C)cc2C)CC1. The number of carbonyl (C=O) groups is 4. The normalized spacial score (nSPS) is 15.1. The van der Waals surface area contributed by atoms with Crippen LogP contribution in [0.25, 0.3) is 22.4 Å². The number of carboxylic acid groups (broad SMARTS) is 1. The summed E-state index contributed by atoms with van der Waals surface area (Å²) in [4.78, 5) is 62.2. The van der Waals surface area contributed by atoms with Gasteiger partial charge >= 0.3 is 5.97 Å². The van der Waals surface area contributed by atoms with Crippen molar-refractivity contribution in [3.8, 4) is 22.4 Å². The van der Waals surface area contributed by atoms with E-state index in [1.807, 2.05) is 60.5 Å². The molecule has 2 aliphatic heterocycles. The molecule has 0 aliphatic carbocycles. The van der Waals surface area contributed by atoms with E-state index >= 15 is 0 Å². The summed E-state index contributed by atoms with van der Waals surface area (Å²) in [6.45, 7) is 13.7. The summed E-state index contributed by atoms with van der Waals surface area (Å²) >= 11 is 6.85. The van der Waals surface area contributed by atoms with E-state index in [1.54, 1.807) is 48.0 Å². The number of carboxylic acids is 1. The standard InChI is InChI=1S/C43H56ClN9O6/c1-7-31(10-11-50(26-39(54)55)25-30-21-45-22-30)42(57)51-12-14-52(15-13-51)43(58)33-9-8-32(18-27(33)2)48-41(56)40-46-24-38(49(40)5)34-20-37(44)35(19-28(34)3)36-23-47-53(29(36)4)16-17-59-6/h8-9,18-20,23-24,30-31,45H,7,10-17,21-22,25-26H2,1-6H3,(H,48,56)(H,54,55). The molecule has 316 valence electrons. The number of aryl methyl sites for hydroxylation is 2. The first kappa shape index (κ1) is 43.5. The molecule has 0 saturated carbocycles. The molecule has 3 amide bonds. The van der Waals surface area contributed by atoms with E-state index in [0.29, 0.717) is 93.0 Å². The Bertz CT molecular complexity index is 2170. The van der Waals surface area contributed by atoms with E-state index in [0.717, 1.165) is 46.7 Å². The number of amides is 3. The van der Waals surface area contributed by atoms with Crippen LogP contribution >= 0.6 is 11.6 Å². The molecular weight excluding hydrogens is 774 g/mol. The van der Waals surface area contributed by atoms with Gasteiger partial charge in [0.15, 0.2) is 5.82 Å². The number of piperazine rings is 1. The van der Waals surface area contributed by atoms with Gasteiger partial charge in [-0.25, -0.2) is 4.98 Å². The topological polar surface area (TPSA) is 167 Å². The summed E-state index contributed by atoms with van der Waals surface area (Å²) in [5, 5.41) is 20.6. The highest BCUT2D eigenvalue weighted by atomic mass is 35.5. The Morgan fingerprint density at radius 3 is 2.37 bits per heavy atom. The summed E-state index contributed by atoms with van der Waals surface area (Å²) in [6, 6.07) is 9.13. The number of aliphatic carboxylic acids is 1. The van der Waals surface area contributed by atoms with Crippen LogP contribution in [0.4, 0.5) is 5.69 Å². The summed E-state index contributed by atoms with van der Waals surface area (Å²) in [7, 11) is 3.45. The number of methoxy groups -OCH3 is 1. The van der Waals surface area contributed by atoms with Crippen molar-refractivity contribution >= 4 is 41.0 Å². The second kappa shape index (κ2) is 19.3. The van der Waals surface area contributed by atoms with Crippen LogP contribution in [0.2, 0.25) is 5.02 Å². The minimum atomic E-state index is -0.860. The molecule has 3 N–H and O–H groups in total. The number of aromatic nitrogens is 4. The molecule has 1 unspecified atom stereocenters. The van der Waals surface area contributed by atoms with Gasteiger partial charge in [-0.3, -0.25) is 28.8 Å². The third kappa shape index (κ3) is 10.0. The smallest absolute Gasteiger partial charge is 0.317 e. The van der Waals surface area contributed by atoms with Crippen LogP contribution in [0.3, 0.4) is 0 Å². The van der Waals surface area contributed by atoms with Gasteiger partial charge in [-0.1, -0.05) is 18.5 Å². The Morgan fingerprint density at radius 2 is 1.73 bits per heavy atom. The largest absolute Gasteiger partial charge is 0.480 e. The Hall–Kier alpha value is -5.09. The first-order chi connectivity index (χ1) is 28.3. The molecule has 15 nitrogen and oxygen atoms in total.